The molecule has 1 rings (SSSR count). The van der Waals surface area contributed by atoms with Gasteiger partial charge in [-0.2, -0.15) is 21.6 Å². The minimum absolute atomic E-state index is 0.689. The Balaban J connectivity index is 3.18. The van der Waals surface area contributed by atoms with Crippen LogP contribution in [0.15, 0.2) is 18.3 Å². The molecule has 0 spiro atoms. The Hall–Kier alpha value is -1.91. The fourth-order valence-electron chi connectivity index (χ4n) is 0.750. The first-order valence-electron chi connectivity index (χ1n) is 3.75. The lowest BCUT2D eigenvalue weighted by Crippen LogP contribution is -2.28. The van der Waals surface area contributed by atoms with Crippen molar-refractivity contribution < 1.29 is 30.7 Å². The normalized spacial score (nSPS) is 12.2. The van der Waals surface area contributed by atoms with E-state index in [-0.39, 0.29) is 0 Å². The average Bonchev–Trinajstić information content (AvgIpc) is 2.15. The van der Waals surface area contributed by atoms with Crippen LogP contribution in [0.25, 0.3) is 0 Å². The van der Waals surface area contributed by atoms with Crippen molar-refractivity contribution in [1.82, 2.24) is 4.98 Å². The van der Waals surface area contributed by atoms with Crippen LogP contribution in [0.4, 0.5) is 19.0 Å². The Kier molecular flexibility index (Phi) is 3.22. The summed E-state index contributed by atoms with van der Waals surface area (Å²) in [6.45, 7) is 0. The third-order valence-corrected chi connectivity index (χ3v) is 2.37. The predicted octanol–water partition coefficient (Wildman–Crippen LogP) is 1.22. The van der Waals surface area contributed by atoms with Gasteiger partial charge in [-0.1, -0.05) is 0 Å². The second kappa shape index (κ2) is 4.16. The molecule has 0 aromatic carbocycles. The highest BCUT2D eigenvalue weighted by atomic mass is 32.2. The number of pyridine rings is 1. The van der Waals surface area contributed by atoms with Crippen LogP contribution in [0.2, 0.25) is 0 Å². The standard InChI is InChI=1S/C6H3F3N2O5S/c7-6(8,9)17(14,15)16-4-2-1-3-10-5(4)11(12)13/h1-3H. The van der Waals surface area contributed by atoms with Gasteiger partial charge in [-0.15, -0.1) is 0 Å². The Morgan fingerprint density at radius 1 is 1.41 bits per heavy atom. The van der Waals surface area contributed by atoms with Crippen molar-refractivity contribution >= 4 is 15.9 Å². The van der Waals surface area contributed by atoms with E-state index in [9.17, 15) is 31.7 Å². The summed E-state index contributed by atoms with van der Waals surface area (Å²) in [5.41, 5.74) is -5.67. The highest BCUT2D eigenvalue weighted by molar-refractivity contribution is 7.88. The Morgan fingerprint density at radius 2 is 2.00 bits per heavy atom. The van der Waals surface area contributed by atoms with Crippen molar-refractivity contribution in [3.63, 3.8) is 0 Å². The quantitative estimate of drug-likeness (QED) is 0.355. The van der Waals surface area contributed by atoms with Crippen LogP contribution in [-0.2, 0) is 10.1 Å². The summed E-state index contributed by atoms with van der Waals surface area (Å²) >= 11 is 0. The number of nitro groups is 1. The van der Waals surface area contributed by atoms with Crippen LogP contribution in [0.5, 0.6) is 5.75 Å². The summed E-state index contributed by atoms with van der Waals surface area (Å²) in [7, 11) is -5.95. The highest BCUT2D eigenvalue weighted by Gasteiger charge is 2.49. The van der Waals surface area contributed by atoms with Gasteiger partial charge in [0.25, 0.3) is 0 Å². The van der Waals surface area contributed by atoms with Gasteiger partial charge in [-0.3, -0.25) is 0 Å². The molecule has 0 aliphatic rings. The van der Waals surface area contributed by atoms with Crippen molar-refractivity contribution in [3.8, 4) is 5.75 Å². The van der Waals surface area contributed by atoms with Crippen molar-refractivity contribution in [2.24, 2.45) is 0 Å². The molecule has 1 aromatic rings. The monoisotopic (exact) mass is 272 g/mol. The highest BCUT2D eigenvalue weighted by Crippen LogP contribution is 2.30. The number of rotatable bonds is 3. The fraction of sp³-hybridized carbons (Fsp3) is 0.167. The average molecular weight is 272 g/mol. The summed E-state index contributed by atoms with van der Waals surface area (Å²) in [6.07, 6.45) is 0.908. The van der Waals surface area contributed by atoms with Gasteiger partial charge in [-0.05, 0) is 22.0 Å². The maximum Gasteiger partial charge on any atom is 0.534 e. The van der Waals surface area contributed by atoms with Crippen LogP contribution in [0.3, 0.4) is 0 Å². The molecule has 0 atom stereocenters. The van der Waals surface area contributed by atoms with E-state index in [1.165, 1.54) is 0 Å². The lowest BCUT2D eigenvalue weighted by molar-refractivity contribution is -0.390. The molecule has 1 heterocycles. The third kappa shape index (κ3) is 2.81. The van der Waals surface area contributed by atoms with Crippen LogP contribution in [0.1, 0.15) is 0 Å². The molecular weight excluding hydrogens is 269 g/mol. The first kappa shape index (κ1) is 13.2. The van der Waals surface area contributed by atoms with Crippen molar-refractivity contribution in [2.45, 2.75) is 5.51 Å². The van der Waals surface area contributed by atoms with Gasteiger partial charge in [0.15, 0.2) is 0 Å². The van der Waals surface area contributed by atoms with Crippen LogP contribution < -0.4 is 4.18 Å². The maximum absolute atomic E-state index is 11.9. The van der Waals surface area contributed by atoms with E-state index in [0.29, 0.717) is 6.07 Å². The van der Waals surface area contributed by atoms with Gasteiger partial charge in [0, 0.05) is 0 Å². The number of nitrogens with zero attached hydrogens (tertiary/aromatic N) is 2. The molecule has 0 amide bonds. The minimum Gasteiger partial charge on any atom is -0.367 e. The molecule has 11 heteroatoms. The van der Waals surface area contributed by atoms with Gasteiger partial charge in [-0.25, -0.2) is 0 Å². The summed E-state index contributed by atoms with van der Waals surface area (Å²) in [6, 6.07) is 1.68. The fourth-order valence-corrected chi connectivity index (χ4v) is 1.21. The Labute approximate surface area is 92.1 Å². The van der Waals surface area contributed by atoms with Crippen molar-refractivity contribution in [2.75, 3.05) is 0 Å². The molecule has 0 aliphatic carbocycles. The van der Waals surface area contributed by atoms with Crippen LogP contribution >= 0.6 is 0 Å². The molecule has 1 aromatic heterocycles. The maximum atomic E-state index is 11.9. The summed E-state index contributed by atoms with van der Waals surface area (Å²) in [4.78, 5) is 12.3. The van der Waals surface area contributed by atoms with Crippen LogP contribution in [0, 0.1) is 10.1 Å². The van der Waals surface area contributed by atoms with E-state index in [2.05, 4.69) is 9.17 Å². The first-order valence-corrected chi connectivity index (χ1v) is 5.16. The first-order chi connectivity index (χ1) is 7.65. The smallest absolute Gasteiger partial charge is 0.367 e. The topological polar surface area (TPSA) is 99.4 Å². The zero-order valence-electron chi connectivity index (χ0n) is 7.71. The predicted molar refractivity (Wildman–Crippen MR) is 46.5 cm³/mol. The van der Waals surface area contributed by atoms with Crippen LogP contribution in [-0.4, -0.2) is 23.8 Å². The Morgan fingerprint density at radius 3 is 2.47 bits per heavy atom. The molecule has 17 heavy (non-hydrogen) atoms. The second-order valence-electron chi connectivity index (χ2n) is 2.57. The van der Waals surface area contributed by atoms with Gasteiger partial charge < -0.3 is 14.3 Å². The van der Waals surface area contributed by atoms with Gasteiger partial charge in [0.05, 0.1) is 0 Å². The van der Waals surface area contributed by atoms with Crippen molar-refractivity contribution in [1.29, 1.82) is 0 Å². The molecule has 0 bridgehead atoms. The van der Waals surface area contributed by atoms with Gasteiger partial charge >= 0.3 is 21.4 Å². The van der Waals surface area contributed by atoms with Gasteiger partial charge in [0.1, 0.15) is 6.20 Å². The molecule has 7 nitrogen and oxygen atoms in total. The Bertz CT molecular complexity index is 541. The van der Waals surface area contributed by atoms with E-state index < -0.39 is 32.1 Å². The summed E-state index contributed by atoms with van der Waals surface area (Å²) in [5.74, 6) is -2.23. The zero-order valence-corrected chi connectivity index (χ0v) is 8.53. The lowest BCUT2D eigenvalue weighted by Gasteiger charge is -2.08. The van der Waals surface area contributed by atoms with E-state index >= 15 is 0 Å². The number of aromatic nitrogens is 1. The zero-order chi connectivity index (χ0) is 13.3. The van der Waals surface area contributed by atoms with E-state index in [0.717, 1.165) is 12.3 Å². The molecule has 0 N–H and O–H groups in total. The van der Waals surface area contributed by atoms with E-state index in [1.54, 1.807) is 0 Å². The molecule has 0 radical (unpaired) electrons. The third-order valence-electron chi connectivity index (χ3n) is 1.41. The molecule has 0 saturated heterocycles. The molecule has 0 saturated carbocycles. The molecular formula is C6H3F3N2O5S. The van der Waals surface area contributed by atoms with E-state index in [1.807, 2.05) is 0 Å². The van der Waals surface area contributed by atoms with Crippen molar-refractivity contribution in [3.05, 3.63) is 28.4 Å². The molecule has 94 valence electrons. The second-order valence-corrected chi connectivity index (χ2v) is 4.10. The summed E-state index contributed by atoms with van der Waals surface area (Å²) in [5, 5.41) is 10.3. The lowest BCUT2D eigenvalue weighted by atomic mass is 10.4. The number of alkyl halides is 3. The number of hydrogen-bond donors (Lipinski definition) is 0. The minimum atomic E-state index is -5.95. The number of hydrogen-bond acceptors (Lipinski definition) is 6. The largest absolute Gasteiger partial charge is 0.534 e. The molecule has 0 fully saturated rings. The number of halogens is 3. The summed E-state index contributed by atoms with van der Waals surface area (Å²) < 4.78 is 60.6. The van der Waals surface area contributed by atoms with E-state index in [4.69, 9.17) is 0 Å². The van der Waals surface area contributed by atoms with Gasteiger partial charge in [0.2, 0.25) is 5.75 Å². The molecule has 0 aliphatic heterocycles. The molecule has 0 unspecified atom stereocenters. The SMILES string of the molecule is O=[N+]([O-])c1ncccc1OS(=O)(=O)C(F)(F)F.